The van der Waals surface area contributed by atoms with E-state index in [0.29, 0.717) is 12.0 Å². The van der Waals surface area contributed by atoms with E-state index in [-0.39, 0.29) is 12.5 Å². The summed E-state index contributed by atoms with van der Waals surface area (Å²) in [5.41, 5.74) is 0.490. The minimum Gasteiger partial charge on any atom is -0.497 e. The SMILES string of the molecule is COc1ccc(CC(C)(O)CNC(=O)c2ccccc2Br)cc1. The zero-order valence-corrected chi connectivity index (χ0v) is 14.8. The molecule has 0 bridgehead atoms. The van der Waals surface area contributed by atoms with Crippen molar-refractivity contribution in [1.82, 2.24) is 5.32 Å². The minimum absolute atomic E-state index is 0.166. The van der Waals surface area contributed by atoms with Crippen molar-refractivity contribution < 1.29 is 14.6 Å². The van der Waals surface area contributed by atoms with Crippen LogP contribution in [0.25, 0.3) is 0 Å². The number of rotatable bonds is 6. The van der Waals surface area contributed by atoms with Gasteiger partial charge in [-0.05, 0) is 52.7 Å². The molecule has 1 atom stereocenters. The van der Waals surface area contributed by atoms with Gasteiger partial charge in [0.2, 0.25) is 0 Å². The summed E-state index contributed by atoms with van der Waals surface area (Å²) >= 11 is 3.35. The lowest BCUT2D eigenvalue weighted by Crippen LogP contribution is -2.42. The van der Waals surface area contributed by atoms with E-state index in [2.05, 4.69) is 21.2 Å². The quantitative estimate of drug-likeness (QED) is 0.812. The molecule has 2 rings (SSSR count). The number of halogens is 1. The zero-order chi connectivity index (χ0) is 16.9. The van der Waals surface area contributed by atoms with Crippen LogP contribution in [0.3, 0.4) is 0 Å². The fourth-order valence-corrected chi connectivity index (χ4v) is 2.72. The minimum atomic E-state index is -1.04. The van der Waals surface area contributed by atoms with Gasteiger partial charge in [-0.15, -0.1) is 0 Å². The van der Waals surface area contributed by atoms with Crippen LogP contribution in [0.5, 0.6) is 5.75 Å². The molecule has 0 fully saturated rings. The van der Waals surface area contributed by atoms with Gasteiger partial charge in [0.25, 0.3) is 5.91 Å². The van der Waals surface area contributed by atoms with Crippen molar-refractivity contribution in [1.29, 1.82) is 0 Å². The van der Waals surface area contributed by atoms with E-state index >= 15 is 0 Å². The fourth-order valence-electron chi connectivity index (χ4n) is 2.26. The third-order valence-corrected chi connectivity index (χ3v) is 4.18. The van der Waals surface area contributed by atoms with E-state index in [9.17, 15) is 9.90 Å². The molecular weight excluding hydrogens is 358 g/mol. The smallest absolute Gasteiger partial charge is 0.252 e. The first kappa shape index (κ1) is 17.5. The summed E-state index contributed by atoms with van der Waals surface area (Å²) in [7, 11) is 1.61. The predicted molar refractivity (Wildman–Crippen MR) is 93.8 cm³/mol. The van der Waals surface area contributed by atoms with Crippen LogP contribution in [0.15, 0.2) is 53.0 Å². The third kappa shape index (κ3) is 5.08. The Hall–Kier alpha value is -1.85. The number of nitrogens with one attached hydrogen (secondary N) is 1. The Labute approximate surface area is 144 Å². The maximum Gasteiger partial charge on any atom is 0.252 e. The standard InChI is InChI=1S/C18H20BrNO3/c1-18(22,11-13-7-9-14(23-2)10-8-13)12-20-17(21)15-5-3-4-6-16(15)19/h3-10,22H,11-12H2,1-2H3,(H,20,21). The number of hydrogen-bond acceptors (Lipinski definition) is 3. The Morgan fingerprint density at radius 2 is 1.87 bits per heavy atom. The lowest BCUT2D eigenvalue weighted by Gasteiger charge is -2.24. The van der Waals surface area contributed by atoms with Gasteiger partial charge in [0.1, 0.15) is 5.75 Å². The van der Waals surface area contributed by atoms with E-state index in [1.807, 2.05) is 36.4 Å². The van der Waals surface area contributed by atoms with Crippen molar-refractivity contribution in [2.24, 2.45) is 0 Å². The van der Waals surface area contributed by atoms with E-state index < -0.39 is 5.60 Å². The molecule has 2 N–H and O–H groups in total. The maximum atomic E-state index is 12.2. The Balaban J connectivity index is 1.95. The highest BCUT2D eigenvalue weighted by atomic mass is 79.9. The predicted octanol–water partition coefficient (Wildman–Crippen LogP) is 3.18. The molecule has 0 spiro atoms. The Morgan fingerprint density at radius 1 is 1.22 bits per heavy atom. The highest BCUT2D eigenvalue weighted by Crippen LogP contribution is 2.18. The summed E-state index contributed by atoms with van der Waals surface area (Å²) < 4.78 is 5.84. The van der Waals surface area contributed by atoms with Crippen LogP contribution in [-0.2, 0) is 6.42 Å². The molecule has 1 unspecified atom stereocenters. The first-order valence-electron chi connectivity index (χ1n) is 7.29. The van der Waals surface area contributed by atoms with Crippen LogP contribution in [0.1, 0.15) is 22.8 Å². The van der Waals surface area contributed by atoms with Crippen molar-refractivity contribution in [3.8, 4) is 5.75 Å². The van der Waals surface area contributed by atoms with E-state index in [1.54, 1.807) is 26.2 Å². The van der Waals surface area contributed by atoms with E-state index in [1.165, 1.54) is 0 Å². The molecule has 1 amide bonds. The van der Waals surface area contributed by atoms with Crippen LogP contribution in [0.2, 0.25) is 0 Å². The van der Waals surface area contributed by atoms with Crippen molar-refractivity contribution in [2.75, 3.05) is 13.7 Å². The largest absolute Gasteiger partial charge is 0.497 e. The average molecular weight is 378 g/mol. The number of amides is 1. The van der Waals surface area contributed by atoms with Crippen LogP contribution in [-0.4, -0.2) is 30.3 Å². The monoisotopic (exact) mass is 377 g/mol. The summed E-state index contributed by atoms with van der Waals surface area (Å²) in [5, 5.41) is 13.3. The van der Waals surface area contributed by atoms with E-state index in [0.717, 1.165) is 15.8 Å². The van der Waals surface area contributed by atoms with Crippen LogP contribution in [0, 0.1) is 0 Å². The van der Waals surface area contributed by atoms with Gasteiger partial charge in [-0.3, -0.25) is 4.79 Å². The Kier molecular flexibility index (Phi) is 5.80. The lowest BCUT2D eigenvalue weighted by atomic mass is 9.96. The van der Waals surface area contributed by atoms with Crippen LogP contribution >= 0.6 is 15.9 Å². The number of benzene rings is 2. The number of carbonyl (C=O) groups excluding carboxylic acids is 1. The lowest BCUT2D eigenvalue weighted by molar-refractivity contribution is 0.0552. The second kappa shape index (κ2) is 7.62. The van der Waals surface area contributed by atoms with Gasteiger partial charge in [0.15, 0.2) is 0 Å². The molecule has 122 valence electrons. The Bertz CT molecular complexity index is 668. The number of carbonyl (C=O) groups is 1. The van der Waals surface area contributed by atoms with Gasteiger partial charge in [-0.2, -0.15) is 0 Å². The molecular formula is C18H20BrNO3. The maximum absolute atomic E-state index is 12.2. The van der Waals surface area contributed by atoms with Gasteiger partial charge in [0.05, 0.1) is 18.3 Å². The fraction of sp³-hybridized carbons (Fsp3) is 0.278. The van der Waals surface area contributed by atoms with Crippen molar-refractivity contribution in [2.45, 2.75) is 18.9 Å². The number of ether oxygens (including phenoxy) is 1. The molecule has 0 saturated carbocycles. The molecule has 2 aromatic rings. The van der Waals surface area contributed by atoms with Gasteiger partial charge in [-0.1, -0.05) is 24.3 Å². The molecule has 0 heterocycles. The summed E-state index contributed by atoms with van der Waals surface area (Å²) in [6.45, 7) is 1.87. The Morgan fingerprint density at radius 3 is 2.48 bits per heavy atom. The molecule has 4 nitrogen and oxygen atoms in total. The first-order chi connectivity index (χ1) is 10.9. The first-order valence-corrected chi connectivity index (χ1v) is 8.09. The molecule has 0 saturated heterocycles. The number of hydrogen-bond donors (Lipinski definition) is 2. The topological polar surface area (TPSA) is 58.6 Å². The number of aliphatic hydroxyl groups is 1. The summed E-state index contributed by atoms with van der Waals surface area (Å²) in [4.78, 5) is 12.2. The summed E-state index contributed by atoms with van der Waals surface area (Å²) in [6, 6.07) is 14.7. The second-order valence-electron chi connectivity index (χ2n) is 5.68. The normalized spacial score (nSPS) is 13.2. The second-order valence-corrected chi connectivity index (χ2v) is 6.54. The van der Waals surface area contributed by atoms with Gasteiger partial charge < -0.3 is 15.2 Å². The van der Waals surface area contributed by atoms with E-state index in [4.69, 9.17) is 4.74 Å². The van der Waals surface area contributed by atoms with Gasteiger partial charge in [-0.25, -0.2) is 0 Å². The number of methoxy groups -OCH3 is 1. The molecule has 0 radical (unpaired) electrons. The van der Waals surface area contributed by atoms with Crippen LogP contribution in [0.4, 0.5) is 0 Å². The highest BCUT2D eigenvalue weighted by Gasteiger charge is 2.22. The third-order valence-electron chi connectivity index (χ3n) is 3.49. The summed E-state index contributed by atoms with van der Waals surface area (Å²) in [6.07, 6.45) is 0.438. The average Bonchev–Trinajstić information content (AvgIpc) is 2.53. The van der Waals surface area contributed by atoms with Gasteiger partial charge in [0, 0.05) is 17.4 Å². The molecule has 5 heteroatoms. The molecule has 0 aliphatic carbocycles. The van der Waals surface area contributed by atoms with Crippen LogP contribution < -0.4 is 10.1 Å². The van der Waals surface area contributed by atoms with Crippen molar-refractivity contribution in [3.63, 3.8) is 0 Å². The van der Waals surface area contributed by atoms with Crippen molar-refractivity contribution >= 4 is 21.8 Å². The summed E-state index contributed by atoms with van der Waals surface area (Å²) in [5.74, 6) is 0.558. The molecule has 0 aliphatic rings. The zero-order valence-electron chi connectivity index (χ0n) is 13.2. The molecule has 2 aromatic carbocycles. The molecule has 0 aliphatic heterocycles. The van der Waals surface area contributed by atoms with Crippen molar-refractivity contribution in [3.05, 3.63) is 64.1 Å². The molecule has 23 heavy (non-hydrogen) atoms. The highest BCUT2D eigenvalue weighted by molar-refractivity contribution is 9.10. The molecule has 0 aromatic heterocycles. The van der Waals surface area contributed by atoms with Gasteiger partial charge >= 0.3 is 0 Å².